The summed E-state index contributed by atoms with van der Waals surface area (Å²) in [5, 5.41) is 9.45. The minimum absolute atomic E-state index is 0.111. The summed E-state index contributed by atoms with van der Waals surface area (Å²) in [6, 6.07) is 16.5. The molecule has 0 saturated heterocycles. The minimum Gasteiger partial charge on any atom is -0.364 e. The molecule has 0 unspecified atom stereocenters. The van der Waals surface area contributed by atoms with Gasteiger partial charge in [-0.3, -0.25) is 19.0 Å². The average Bonchev–Trinajstić information content (AvgIpc) is 3.53. The van der Waals surface area contributed by atoms with Gasteiger partial charge in [0.05, 0.1) is 17.4 Å². The van der Waals surface area contributed by atoms with E-state index in [1.54, 1.807) is 30.5 Å². The summed E-state index contributed by atoms with van der Waals surface area (Å²) >= 11 is 1.43. The fraction of sp³-hybridized carbons (Fsp3) is 0.115. The first-order chi connectivity index (χ1) is 17.4. The summed E-state index contributed by atoms with van der Waals surface area (Å²) in [6.07, 6.45) is 3.24. The monoisotopic (exact) mass is 498 g/mol. The number of fused-ring (bicyclic) bond motifs is 1. The van der Waals surface area contributed by atoms with Crippen molar-refractivity contribution in [3.05, 3.63) is 94.1 Å². The van der Waals surface area contributed by atoms with Gasteiger partial charge in [-0.1, -0.05) is 29.8 Å². The molecule has 0 fully saturated rings. The molecule has 0 radical (unpaired) electrons. The van der Waals surface area contributed by atoms with Gasteiger partial charge in [0.15, 0.2) is 0 Å². The fourth-order valence-corrected chi connectivity index (χ4v) is 4.72. The summed E-state index contributed by atoms with van der Waals surface area (Å²) in [5.41, 5.74) is 9.53. The predicted molar refractivity (Wildman–Crippen MR) is 139 cm³/mol. The second-order valence-corrected chi connectivity index (χ2v) is 9.15. The Hall–Kier alpha value is -4.57. The highest BCUT2D eigenvalue weighted by molar-refractivity contribution is 7.17. The highest BCUT2D eigenvalue weighted by Gasteiger charge is 2.14. The third-order valence-corrected chi connectivity index (χ3v) is 6.65. The van der Waals surface area contributed by atoms with Gasteiger partial charge in [-0.15, -0.1) is 11.3 Å². The van der Waals surface area contributed by atoms with Crippen LogP contribution in [-0.4, -0.2) is 31.1 Å². The van der Waals surface area contributed by atoms with Crippen LogP contribution in [0.1, 0.15) is 22.5 Å². The Labute approximate surface area is 209 Å². The Morgan fingerprint density at radius 1 is 1.06 bits per heavy atom. The first-order valence-corrected chi connectivity index (χ1v) is 12.1. The van der Waals surface area contributed by atoms with Gasteiger partial charge in [-0.2, -0.15) is 5.10 Å². The number of nitrogens with one attached hydrogen (secondary N) is 1. The van der Waals surface area contributed by atoms with Crippen LogP contribution in [0.5, 0.6) is 0 Å². The highest BCUT2D eigenvalue weighted by atomic mass is 32.1. The number of anilines is 1. The Morgan fingerprint density at radius 3 is 2.50 bits per heavy atom. The zero-order valence-electron chi connectivity index (χ0n) is 19.3. The maximum atomic E-state index is 13.2. The summed E-state index contributed by atoms with van der Waals surface area (Å²) in [6.45, 7) is 2.22. The number of aromatic nitrogens is 4. The molecule has 3 N–H and O–H groups in total. The highest BCUT2D eigenvalue weighted by Crippen LogP contribution is 2.30. The van der Waals surface area contributed by atoms with Crippen molar-refractivity contribution in [1.29, 1.82) is 0 Å². The molecule has 3 heterocycles. The van der Waals surface area contributed by atoms with Crippen LogP contribution in [0.3, 0.4) is 0 Å². The van der Waals surface area contributed by atoms with E-state index in [1.807, 2.05) is 36.6 Å². The number of benzene rings is 2. The molecular formula is C26H22N6O3S. The van der Waals surface area contributed by atoms with E-state index in [0.29, 0.717) is 21.6 Å². The van der Waals surface area contributed by atoms with E-state index in [2.05, 4.69) is 15.4 Å². The zero-order valence-corrected chi connectivity index (χ0v) is 20.2. The van der Waals surface area contributed by atoms with E-state index in [4.69, 9.17) is 5.73 Å². The standard InChI is InChI=1S/C26H22N6O3S/c1-16-2-4-17(5-3-16)20-14-36-25-23(20)26(35)31(15-28-25)12-11-22(33)29-18-6-8-19(9-7-18)32-13-10-21(30-32)24(27)34/h2-10,13-15H,11-12H2,1H3,(H2,27,34)(H,29,33). The van der Waals surface area contributed by atoms with Crippen molar-refractivity contribution in [2.24, 2.45) is 5.73 Å². The van der Waals surface area contributed by atoms with Gasteiger partial charge in [0, 0.05) is 35.8 Å². The molecule has 3 aromatic heterocycles. The van der Waals surface area contributed by atoms with Gasteiger partial charge < -0.3 is 11.1 Å². The molecule has 0 aliphatic rings. The fourth-order valence-electron chi connectivity index (χ4n) is 3.81. The van der Waals surface area contributed by atoms with Crippen LogP contribution >= 0.6 is 11.3 Å². The van der Waals surface area contributed by atoms with Gasteiger partial charge in [0.25, 0.3) is 11.5 Å². The number of nitrogens with zero attached hydrogens (tertiary/aromatic N) is 4. The molecule has 0 atom stereocenters. The zero-order chi connectivity index (χ0) is 25.2. The van der Waals surface area contributed by atoms with Gasteiger partial charge in [-0.05, 0) is 42.8 Å². The topological polar surface area (TPSA) is 125 Å². The SMILES string of the molecule is Cc1ccc(-c2csc3ncn(CCC(=O)Nc4ccc(-n5ccc(C(N)=O)n5)cc4)c(=O)c23)cc1. The van der Waals surface area contributed by atoms with Gasteiger partial charge in [0.2, 0.25) is 5.91 Å². The van der Waals surface area contributed by atoms with E-state index >= 15 is 0 Å². The number of hydrogen-bond acceptors (Lipinski definition) is 6. The third kappa shape index (κ3) is 4.66. The lowest BCUT2D eigenvalue weighted by Crippen LogP contribution is -2.23. The molecule has 10 heteroatoms. The maximum absolute atomic E-state index is 13.2. The number of aryl methyl sites for hydroxylation is 2. The summed E-state index contributed by atoms with van der Waals surface area (Å²) in [5.74, 6) is -0.828. The van der Waals surface area contributed by atoms with Crippen LogP contribution in [-0.2, 0) is 11.3 Å². The molecule has 0 spiro atoms. The molecule has 36 heavy (non-hydrogen) atoms. The van der Waals surface area contributed by atoms with Gasteiger partial charge in [0.1, 0.15) is 10.5 Å². The van der Waals surface area contributed by atoms with Crippen molar-refractivity contribution in [2.75, 3.05) is 5.32 Å². The van der Waals surface area contributed by atoms with E-state index in [1.165, 1.54) is 33.0 Å². The molecule has 5 aromatic rings. The minimum atomic E-state index is -0.600. The lowest BCUT2D eigenvalue weighted by atomic mass is 10.1. The number of nitrogens with two attached hydrogens (primary N) is 1. The van der Waals surface area contributed by atoms with Crippen molar-refractivity contribution in [3.63, 3.8) is 0 Å². The van der Waals surface area contributed by atoms with Gasteiger partial charge >= 0.3 is 0 Å². The van der Waals surface area contributed by atoms with Crippen LogP contribution in [0.25, 0.3) is 27.0 Å². The molecule has 180 valence electrons. The van der Waals surface area contributed by atoms with Crippen molar-refractivity contribution in [1.82, 2.24) is 19.3 Å². The number of rotatable bonds is 7. The van der Waals surface area contributed by atoms with E-state index < -0.39 is 5.91 Å². The largest absolute Gasteiger partial charge is 0.364 e. The summed E-state index contributed by atoms with van der Waals surface area (Å²) in [4.78, 5) is 42.1. The number of primary amides is 1. The lowest BCUT2D eigenvalue weighted by molar-refractivity contribution is -0.116. The molecule has 0 bridgehead atoms. The van der Waals surface area contributed by atoms with E-state index in [9.17, 15) is 14.4 Å². The van der Waals surface area contributed by atoms with Crippen molar-refractivity contribution >= 4 is 39.1 Å². The van der Waals surface area contributed by atoms with Crippen LogP contribution in [0.4, 0.5) is 5.69 Å². The van der Waals surface area contributed by atoms with Crippen LogP contribution in [0.2, 0.25) is 0 Å². The van der Waals surface area contributed by atoms with Crippen molar-refractivity contribution < 1.29 is 9.59 Å². The van der Waals surface area contributed by atoms with Crippen LogP contribution < -0.4 is 16.6 Å². The molecule has 9 nitrogen and oxygen atoms in total. The summed E-state index contributed by atoms with van der Waals surface area (Å²) < 4.78 is 3.00. The van der Waals surface area contributed by atoms with Crippen molar-refractivity contribution in [2.45, 2.75) is 19.9 Å². The molecule has 0 aliphatic carbocycles. The third-order valence-electron chi connectivity index (χ3n) is 5.76. The van der Waals surface area contributed by atoms with Gasteiger partial charge in [-0.25, -0.2) is 9.67 Å². The van der Waals surface area contributed by atoms with E-state index in [0.717, 1.165) is 16.7 Å². The first kappa shape index (κ1) is 23.2. The molecule has 0 aliphatic heterocycles. The van der Waals surface area contributed by atoms with Crippen molar-refractivity contribution in [3.8, 4) is 16.8 Å². The summed E-state index contributed by atoms with van der Waals surface area (Å²) in [7, 11) is 0. The number of hydrogen-bond donors (Lipinski definition) is 2. The molecule has 2 amide bonds. The lowest BCUT2D eigenvalue weighted by Gasteiger charge is -2.09. The normalized spacial score (nSPS) is 11.0. The second-order valence-electron chi connectivity index (χ2n) is 8.29. The second kappa shape index (κ2) is 9.59. The molecular weight excluding hydrogens is 476 g/mol. The maximum Gasteiger partial charge on any atom is 0.269 e. The Bertz CT molecular complexity index is 1630. The number of amides is 2. The smallest absolute Gasteiger partial charge is 0.269 e. The Balaban J connectivity index is 1.27. The number of thiophene rings is 1. The number of carbonyl (C=O) groups is 2. The quantitative estimate of drug-likeness (QED) is 0.354. The predicted octanol–water partition coefficient (Wildman–Crippen LogP) is 3.75. The molecule has 2 aromatic carbocycles. The first-order valence-electron chi connectivity index (χ1n) is 11.2. The average molecular weight is 499 g/mol. The Kier molecular flexibility index (Phi) is 6.17. The molecule has 0 saturated carbocycles. The molecule has 5 rings (SSSR count). The van der Waals surface area contributed by atoms with Crippen LogP contribution in [0, 0.1) is 6.92 Å². The Morgan fingerprint density at radius 2 is 1.81 bits per heavy atom. The van der Waals surface area contributed by atoms with Crippen LogP contribution in [0.15, 0.2) is 77.3 Å². The van der Waals surface area contributed by atoms with E-state index in [-0.39, 0.29) is 30.1 Å². The number of carbonyl (C=O) groups excluding carboxylic acids is 2.